The van der Waals surface area contributed by atoms with E-state index in [1.54, 1.807) is 0 Å². The van der Waals surface area contributed by atoms with E-state index in [1.165, 1.54) is 38.5 Å². The number of hydrogen-bond donors (Lipinski definition) is 0. The first kappa shape index (κ1) is 14.6. The molecule has 0 aliphatic carbocycles. The zero-order chi connectivity index (χ0) is 14.7. The molecule has 0 aromatic carbocycles. The molecule has 3 heterocycles. The highest BCUT2D eigenvalue weighted by Gasteiger charge is 2.20. The second kappa shape index (κ2) is 6.63. The van der Waals surface area contributed by atoms with Gasteiger partial charge in [0.15, 0.2) is 0 Å². The van der Waals surface area contributed by atoms with Crippen molar-refractivity contribution < 1.29 is 0 Å². The summed E-state index contributed by atoms with van der Waals surface area (Å²) in [6, 6.07) is 2.15. The van der Waals surface area contributed by atoms with Crippen molar-refractivity contribution in [3.8, 4) is 0 Å². The summed E-state index contributed by atoms with van der Waals surface area (Å²) < 4.78 is 0. The molecule has 0 spiro atoms. The normalized spacial score (nSPS) is 24.0. The van der Waals surface area contributed by atoms with E-state index < -0.39 is 0 Å². The van der Waals surface area contributed by atoms with Gasteiger partial charge in [0.25, 0.3) is 0 Å². The molecule has 2 fully saturated rings. The third-order valence-corrected chi connectivity index (χ3v) is 4.70. The Balaban J connectivity index is 1.81. The van der Waals surface area contributed by atoms with Crippen molar-refractivity contribution in [3.05, 3.63) is 11.8 Å². The van der Waals surface area contributed by atoms with Gasteiger partial charge in [-0.25, -0.2) is 4.98 Å². The van der Waals surface area contributed by atoms with E-state index in [0.29, 0.717) is 0 Å². The van der Waals surface area contributed by atoms with Crippen molar-refractivity contribution in [2.75, 3.05) is 36.0 Å². The minimum absolute atomic E-state index is 0.774. The molecule has 0 saturated carbocycles. The van der Waals surface area contributed by atoms with Gasteiger partial charge in [0.2, 0.25) is 5.95 Å². The van der Waals surface area contributed by atoms with Gasteiger partial charge in [0, 0.05) is 37.9 Å². The molecule has 1 unspecified atom stereocenters. The fraction of sp³-hybridized carbons (Fsp3) is 0.765. The van der Waals surface area contributed by atoms with E-state index in [-0.39, 0.29) is 0 Å². The first-order valence-electron chi connectivity index (χ1n) is 8.58. The van der Waals surface area contributed by atoms with Crippen molar-refractivity contribution in [1.29, 1.82) is 0 Å². The lowest BCUT2D eigenvalue weighted by Crippen LogP contribution is -2.35. The van der Waals surface area contributed by atoms with Gasteiger partial charge in [-0.2, -0.15) is 4.98 Å². The Kier molecular flexibility index (Phi) is 4.61. The summed E-state index contributed by atoms with van der Waals surface area (Å²) in [7, 11) is 0. The van der Waals surface area contributed by atoms with Crippen LogP contribution in [-0.2, 0) is 0 Å². The maximum atomic E-state index is 4.90. The molecule has 4 nitrogen and oxygen atoms in total. The van der Waals surface area contributed by atoms with E-state index in [9.17, 15) is 0 Å². The maximum Gasteiger partial charge on any atom is 0.227 e. The highest BCUT2D eigenvalue weighted by atomic mass is 15.3. The Morgan fingerprint density at radius 3 is 2.38 bits per heavy atom. The summed E-state index contributed by atoms with van der Waals surface area (Å²) in [5.74, 6) is 2.86. The molecule has 1 aromatic heterocycles. The molecule has 116 valence electrons. The number of piperidine rings is 1. The van der Waals surface area contributed by atoms with Crippen LogP contribution in [-0.4, -0.2) is 36.1 Å². The maximum absolute atomic E-state index is 4.90. The van der Waals surface area contributed by atoms with Crippen LogP contribution in [0.25, 0.3) is 0 Å². The number of rotatable bonds is 2. The minimum atomic E-state index is 0.774. The van der Waals surface area contributed by atoms with Gasteiger partial charge in [-0.3, -0.25) is 0 Å². The van der Waals surface area contributed by atoms with Gasteiger partial charge in [-0.05, 0) is 38.5 Å². The molecule has 0 radical (unpaired) electrons. The quantitative estimate of drug-likeness (QED) is 0.835. The SMILES string of the molecule is Cc1cc(N2CCCC(C)C2)nc(N2CCCCCC2)n1. The lowest BCUT2D eigenvalue weighted by molar-refractivity contribution is 0.444. The van der Waals surface area contributed by atoms with Crippen molar-refractivity contribution >= 4 is 11.8 Å². The zero-order valence-electron chi connectivity index (χ0n) is 13.5. The standard InChI is InChI=1S/C17H28N4/c1-14-8-7-11-21(13-14)16-12-15(2)18-17(19-16)20-9-5-3-4-6-10-20/h12,14H,3-11,13H2,1-2H3. The number of hydrogen-bond acceptors (Lipinski definition) is 4. The van der Waals surface area contributed by atoms with Crippen molar-refractivity contribution in [1.82, 2.24) is 9.97 Å². The number of anilines is 2. The second-order valence-corrected chi connectivity index (χ2v) is 6.76. The first-order chi connectivity index (χ1) is 10.2. The van der Waals surface area contributed by atoms with Crippen LogP contribution < -0.4 is 9.80 Å². The first-order valence-corrected chi connectivity index (χ1v) is 8.58. The minimum Gasteiger partial charge on any atom is -0.356 e. The molecule has 2 saturated heterocycles. The van der Waals surface area contributed by atoms with Crippen LogP contribution in [0.2, 0.25) is 0 Å². The summed E-state index contributed by atoms with van der Waals surface area (Å²) >= 11 is 0. The van der Waals surface area contributed by atoms with Crippen LogP contribution >= 0.6 is 0 Å². The zero-order valence-corrected chi connectivity index (χ0v) is 13.5. The van der Waals surface area contributed by atoms with E-state index in [1.807, 2.05) is 0 Å². The van der Waals surface area contributed by atoms with Crippen LogP contribution in [0.5, 0.6) is 0 Å². The topological polar surface area (TPSA) is 32.3 Å². The monoisotopic (exact) mass is 288 g/mol. The predicted octanol–water partition coefficient (Wildman–Crippen LogP) is 3.40. The molecule has 21 heavy (non-hydrogen) atoms. The van der Waals surface area contributed by atoms with E-state index >= 15 is 0 Å². The second-order valence-electron chi connectivity index (χ2n) is 6.76. The third-order valence-electron chi connectivity index (χ3n) is 4.70. The van der Waals surface area contributed by atoms with Gasteiger partial charge in [-0.1, -0.05) is 19.8 Å². The van der Waals surface area contributed by atoms with E-state index in [4.69, 9.17) is 9.97 Å². The van der Waals surface area contributed by atoms with Crippen LogP contribution in [0.3, 0.4) is 0 Å². The Morgan fingerprint density at radius 1 is 0.952 bits per heavy atom. The molecule has 0 amide bonds. The largest absolute Gasteiger partial charge is 0.356 e. The number of aromatic nitrogens is 2. The Hall–Kier alpha value is -1.32. The molecule has 0 N–H and O–H groups in total. The van der Waals surface area contributed by atoms with Crippen molar-refractivity contribution in [2.24, 2.45) is 5.92 Å². The highest BCUT2D eigenvalue weighted by Crippen LogP contribution is 2.24. The van der Waals surface area contributed by atoms with Gasteiger partial charge in [0.1, 0.15) is 5.82 Å². The molecule has 2 aliphatic rings. The summed E-state index contributed by atoms with van der Waals surface area (Å²) in [6.07, 6.45) is 7.86. The molecule has 2 aliphatic heterocycles. The molecule has 1 aromatic rings. The number of aryl methyl sites for hydroxylation is 1. The van der Waals surface area contributed by atoms with Gasteiger partial charge >= 0.3 is 0 Å². The average molecular weight is 288 g/mol. The molecule has 4 heteroatoms. The summed E-state index contributed by atoms with van der Waals surface area (Å²) in [4.78, 5) is 14.4. The van der Waals surface area contributed by atoms with Gasteiger partial charge in [-0.15, -0.1) is 0 Å². The van der Waals surface area contributed by atoms with E-state index in [0.717, 1.165) is 49.6 Å². The summed E-state index contributed by atoms with van der Waals surface area (Å²) in [6.45, 7) is 8.94. The summed E-state index contributed by atoms with van der Waals surface area (Å²) in [5, 5.41) is 0. The molecule has 0 bridgehead atoms. The van der Waals surface area contributed by atoms with Crippen LogP contribution in [0.15, 0.2) is 6.07 Å². The molecular weight excluding hydrogens is 260 g/mol. The third kappa shape index (κ3) is 3.66. The van der Waals surface area contributed by atoms with Crippen LogP contribution in [0, 0.1) is 12.8 Å². The lowest BCUT2D eigenvalue weighted by Gasteiger charge is -2.32. The summed E-state index contributed by atoms with van der Waals surface area (Å²) in [5.41, 5.74) is 1.09. The van der Waals surface area contributed by atoms with Crippen molar-refractivity contribution in [3.63, 3.8) is 0 Å². The molecule has 1 atom stereocenters. The van der Waals surface area contributed by atoms with Crippen LogP contribution in [0.4, 0.5) is 11.8 Å². The lowest BCUT2D eigenvalue weighted by atomic mass is 10.0. The average Bonchev–Trinajstić information content (AvgIpc) is 2.76. The fourth-order valence-electron chi connectivity index (χ4n) is 3.51. The Morgan fingerprint density at radius 2 is 1.67 bits per heavy atom. The molecule has 3 rings (SSSR count). The fourth-order valence-corrected chi connectivity index (χ4v) is 3.51. The Bertz CT molecular complexity index is 446. The number of nitrogens with zero attached hydrogens (tertiary/aromatic N) is 4. The van der Waals surface area contributed by atoms with Crippen LogP contribution in [0.1, 0.15) is 51.1 Å². The molecular formula is C17H28N4. The van der Waals surface area contributed by atoms with Gasteiger partial charge < -0.3 is 9.80 Å². The van der Waals surface area contributed by atoms with Gasteiger partial charge in [0.05, 0.1) is 0 Å². The smallest absolute Gasteiger partial charge is 0.227 e. The highest BCUT2D eigenvalue weighted by molar-refractivity contribution is 5.46. The Labute approximate surface area is 128 Å². The predicted molar refractivity (Wildman–Crippen MR) is 88.1 cm³/mol. The van der Waals surface area contributed by atoms with Crippen molar-refractivity contribution in [2.45, 2.75) is 52.4 Å². The van der Waals surface area contributed by atoms with E-state index in [2.05, 4.69) is 29.7 Å².